The number of rotatable bonds is 0. The fraction of sp³-hybridized carbons (Fsp3) is 0. The monoisotopic (exact) mass is 360 g/mol. The maximum Gasteiger partial charge on any atom is 0.0434 e. The van der Waals surface area contributed by atoms with E-state index in [0.29, 0.717) is 0 Å². The van der Waals surface area contributed by atoms with Gasteiger partial charge in [-0.2, -0.15) is 0 Å². The Morgan fingerprint density at radius 2 is 1.67 bits per heavy atom. The fourth-order valence-electron chi connectivity index (χ4n) is 2.51. The van der Waals surface area contributed by atoms with Gasteiger partial charge in [0, 0.05) is 23.7 Å². The van der Waals surface area contributed by atoms with Crippen LogP contribution in [0.4, 0.5) is 0 Å². The summed E-state index contributed by atoms with van der Waals surface area (Å²) < 4.78 is 4.13. The first-order valence-corrected chi connectivity index (χ1v) is 7.72. The summed E-state index contributed by atoms with van der Waals surface area (Å²) in [4.78, 5) is 0. The van der Waals surface area contributed by atoms with Crippen molar-refractivity contribution < 1.29 is 0 Å². The Hall–Kier alpha value is -1.13. The first kappa shape index (κ1) is 10.8. The van der Waals surface area contributed by atoms with E-state index in [-0.39, 0.29) is 0 Å². The minimum atomic E-state index is 1.33. The molecule has 0 atom stereocenters. The summed E-state index contributed by atoms with van der Waals surface area (Å²) in [7, 11) is 0. The summed E-state index contributed by atoms with van der Waals surface area (Å²) in [6.07, 6.45) is 0. The summed E-state index contributed by atoms with van der Waals surface area (Å²) in [5, 5.41) is 5.49. The van der Waals surface area contributed by atoms with Crippen LogP contribution in [0.3, 0.4) is 0 Å². The number of thiophene rings is 1. The lowest BCUT2D eigenvalue weighted by Crippen LogP contribution is -1.74. The molecule has 0 unspecified atom stereocenters. The molecule has 3 aromatic carbocycles. The third kappa shape index (κ3) is 1.42. The minimum Gasteiger partial charge on any atom is -0.134 e. The van der Waals surface area contributed by atoms with Crippen LogP contribution < -0.4 is 0 Å². The van der Waals surface area contributed by atoms with E-state index in [4.69, 9.17) is 0 Å². The standard InChI is InChI=1S/C16H9IS/c17-13-6-3-7-14-15(13)12-9-8-10-4-1-2-5-11(10)16(12)18-14/h1-9H. The van der Waals surface area contributed by atoms with Crippen molar-refractivity contribution in [2.45, 2.75) is 0 Å². The summed E-state index contributed by atoms with van der Waals surface area (Å²) in [5.41, 5.74) is 0. The van der Waals surface area contributed by atoms with Gasteiger partial charge in [-0.25, -0.2) is 0 Å². The molecule has 0 aliphatic carbocycles. The van der Waals surface area contributed by atoms with E-state index < -0.39 is 0 Å². The van der Waals surface area contributed by atoms with Gasteiger partial charge >= 0.3 is 0 Å². The predicted octanol–water partition coefficient (Wildman–Crippen LogP) is 5.81. The average Bonchev–Trinajstić information content (AvgIpc) is 2.79. The number of hydrogen-bond acceptors (Lipinski definition) is 1. The molecule has 4 aromatic rings. The Morgan fingerprint density at radius 1 is 0.778 bits per heavy atom. The van der Waals surface area contributed by atoms with Gasteiger partial charge in [0.25, 0.3) is 0 Å². The molecule has 18 heavy (non-hydrogen) atoms. The van der Waals surface area contributed by atoms with E-state index in [9.17, 15) is 0 Å². The highest BCUT2D eigenvalue weighted by Gasteiger charge is 2.09. The smallest absolute Gasteiger partial charge is 0.0434 e. The van der Waals surface area contributed by atoms with Gasteiger partial charge < -0.3 is 0 Å². The van der Waals surface area contributed by atoms with Crippen LogP contribution in [0.25, 0.3) is 30.9 Å². The zero-order valence-electron chi connectivity index (χ0n) is 9.48. The van der Waals surface area contributed by atoms with Crippen molar-refractivity contribution >= 4 is 64.9 Å². The molecule has 1 aromatic heterocycles. The van der Waals surface area contributed by atoms with Crippen molar-refractivity contribution in [2.24, 2.45) is 0 Å². The highest BCUT2D eigenvalue weighted by atomic mass is 127. The topological polar surface area (TPSA) is 0 Å². The molecular formula is C16H9IS. The largest absolute Gasteiger partial charge is 0.134 e. The molecule has 86 valence electrons. The number of benzene rings is 3. The SMILES string of the molecule is Ic1cccc2sc3c4ccccc4ccc3c12. The Balaban J connectivity index is 2.34. The Kier molecular flexibility index (Phi) is 2.35. The molecule has 0 saturated heterocycles. The lowest BCUT2D eigenvalue weighted by Gasteiger charge is -1.99. The van der Waals surface area contributed by atoms with E-state index in [1.165, 1.54) is 34.5 Å². The molecule has 0 nitrogen and oxygen atoms in total. The molecule has 2 heteroatoms. The second-order valence-corrected chi connectivity index (χ2v) is 6.59. The molecule has 0 aliphatic rings. The van der Waals surface area contributed by atoms with Crippen LogP contribution in [0, 0.1) is 3.57 Å². The fourth-order valence-corrected chi connectivity index (χ4v) is 4.75. The second-order valence-electron chi connectivity index (χ2n) is 4.38. The van der Waals surface area contributed by atoms with Gasteiger partial charge in [0.05, 0.1) is 0 Å². The third-order valence-corrected chi connectivity index (χ3v) is 5.44. The summed E-state index contributed by atoms with van der Waals surface area (Å²) in [6.45, 7) is 0. The predicted molar refractivity (Wildman–Crippen MR) is 89.6 cm³/mol. The van der Waals surface area contributed by atoms with Crippen LogP contribution in [0.5, 0.6) is 0 Å². The normalized spacial score (nSPS) is 11.6. The van der Waals surface area contributed by atoms with Crippen molar-refractivity contribution in [1.82, 2.24) is 0 Å². The first-order chi connectivity index (χ1) is 8.84. The summed E-state index contributed by atoms with van der Waals surface area (Å²) in [5.74, 6) is 0. The Morgan fingerprint density at radius 3 is 2.61 bits per heavy atom. The van der Waals surface area contributed by atoms with E-state index >= 15 is 0 Å². The summed E-state index contributed by atoms with van der Waals surface area (Å²) in [6, 6.07) is 19.7. The van der Waals surface area contributed by atoms with Gasteiger partial charge in [0.2, 0.25) is 0 Å². The van der Waals surface area contributed by atoms with Crippen LogP contribution in [0.2, 0.25) is 0 Å². The minimum absolute atomic E-state index is 1.33. The van der Waals surface area contributed by atoms with Crippen molar-refractivity contribution in [3.8, 4) is 0 Å². The van der Waals surface area contributed by atoms with E-state index in [1.54, 1.807) is 0 Å². The molecule has 0 N–H and O–H groups in total. The molecule has 0 radical (unpaired) electrons. The van der Waals surface area contributed by atoms with Crippen LogP contribution in [-0.2, 0) is 0 Å². The van der Waals surface area contributed by atoms with E-state index in [1.807, 2.05) is 11.3 Å². The van der Waals surface area contributed by atoms with Crippen LogP contribution in [-0.4, -0.2) is 0 Å². The van der Waals surface area contributed by atoms with Gasteiger partial charge in [-0.1, -0.05) is 42.5 Å². The van der Waals surface area contributed by atoms with Crippen LogP contribution in [0.15, 0.2) is 54.6 Å². The first-order valence-electron chi connectivity index (χ1n) is 5.83. The van der Waals surface area contributed by atoms with Gasteiger partial charge in [-0.15, -0.1) is 11.3 Å². The average molecular weight is 360 g/mol. The zero-order chi connectivity index (χ0) is 12.1. The van der Waals surface area contributed by atoms with Gasteiger partial charge in [0.15, 0.2) is 0 Å². The Labute approximate surface area is 122 Å². The highest BCUT2D eigenvalue weighted by Crippen LogP contribution is 2.39. The lowest BCUT2D eigenvalue weighted by molar-refractivity contribution is 1.79. The maximum absolute atomic E-state index is 2.43. The number of hydrogen-bond donors (Lipinski definition) is 0. The molecule has 0 fully saturated rings. The van der Waals surface area contributed by atoms with Crippen LogP contribution >= 0.6 is 33.9 Å². The molecule has 0 aliphatic heterocycles. The molecule has 0 saturated carbocycles. The van der Waals surface area contributed by atoms with Crippen molar-refractivity contribution in [2.75, 3.05) is 0 Å². The molecule has 0 amide bonds. The molecule has 4 rings (SSSR count). The molecular weight excluding hydrogens is 351 g/mol. The van der Waals surface area contributed by atoms with Crippen molar-refractivity contribution in [3.63, 3.8) is 0 Å². The zero-order valence-corrected chi connectivity index (χ0v) is 12.5. The second kappa shape index (κ2) is 3.93. The third-order valence-electron chi connectivity index (χ3n) is 3.34. The van der Waals surface area contributed by atoms with Crippen molar-refractivity contribution in [1.29, 1.82) is 0 Å². The Bertz CT molecular complexity index is 889. The number of fused-ring (bicyclic) bond motifs is 5. The van der Waals surface area contributed by atoms with E-state index in [0.717, 1.165) is 0 Å². The maximum atomic E-state index is 2.43. The summed E-state index contributed by atoms with van der Waals surface area (Å²) >= 11 is 4.33. The molecule has 0 bridgehead atoms. The molecule has 1 heterocycles. The molecule has 0 spiro atoms. The van der Waals surface area contributed by atoms with Crippen LogP contribution in [0.1, 0.15) is 0 Å². The highest BCUT2D eigenvalue weighted by molar-refractivity contribution is 14.1. The van der Waals surface area contributed by atoms with Gasteiger partial charge in [0.1, 0.15) is 0 Å². The van der Waals surface area contributed by atoms with E-state index in [2.05, 4.69) is 77.2 Å². The quantitative estimate of drug-likeness (QED) is 0.347. The van der Waals surface area contributed by atoms with Gasteiger partial charge in [-0.05, 0) is 45.5 Å². The lowest BCUT2D eigenvalue weighted by atomic mass is 10.1. The van der Waals surface area contributed by atoms with Gasteiger partial charge in [-0.3, -0.25) is 0 Å². The van der Waals surface area contributed by atoms with Crippen molar-refractivity contribution in [3.05, 3.63) is 58.2 Å². The number of halogens is 1.